The molecule has 5 saturated heterocycles. The van der Waals surface area contributed by atoms with Crippen LogP contribution in [0.3, 0.4) is 0 Å². The van der Waals surface area contributed by atoms with Gasteiger partial charge >= 0.3 is 0 Å². The third kappa shape index (κ3) is 1.61. The highest BCUT2D eigenvalue weighted by molar-refractivity contribution is 5.82. The topological polar surface area (TPSA) is 25.4 Å². The molecular formula is C19H22N2O. The van der Waals surface area contributed by atoms with Crippen LogP contribution in [0.5, 0.6) is 0 Å². The number of para-hydroxylation sites is 1. The zero-order valence-electron chi connectivity index (χ0n) is 13.0. The van der Waals surface area contributed by atoms with Crippen molar-refractivity contribution in [2.75, 3.05) is 13.1 Å². The zero-order valence-corrected chi connectivity index (χ0v) is 13.0. The number of hydrogen-bond acceptors (Lipinski definition) is 3. The van der Waals surface area contributed by atoms with E-state index in [1.807, 2.05) is 6.20 Å². The van der Waals surface area contributed by atoms with Crippen LogP contribution in [0, 0.1) is 5.92 Å². The van der Waals surface area contributed by atoms with Gasteiger partial charge < -0.3 is 4.74 Å². The van der Waals surface area contributed by atoms with Crippen molar-refractivity contribution in [1.82, 2.24) is 9.88 Å². The maximum absolute atomic E-state index is 6.78. The number of piperidine rings is 3. The van der Waals surface area contributed by atoms with Crippen LogP contribution in [-0.2, 0) is 4.74 Å². The molecule has 5 aliphatic rings. The van der Waals surface area contributed by atoms with Crippen molar-refractivity contribution in [2.24, 2.45) is 5.92 Å². The number of ether oxygens (including phenoxy) is 1. The molecule has 3 heteroatoms. The molecule has 1 aromatic carbocycles. The highest BCUT2D eigenvalue weighted by atomic mass is 16.5. The SMILES string of the molecule is CC[C@]12CN3CC[C@H]1CC3[C@H](c1ccnc3ccccc13)O2. The summed E-state index contributed by atoms with van der Waals surface area (Å²) in [6.45, 7) is 4.68. The molecule has 2 unspecified atom stereocenters. The molecule has 5 aliphatic heterocycles. The van der Waals surface area contributed by atoms with E-state index in [-0.39, 0.29) is 11.7 Å². The molecular weight excluding hydrogens is 272 g/mol. The van der Waals surface area contributed by atoms with E-state index in [0.717, 1.165) is 24.4 Å². The number of fused-ring (bicyclic) bond motifs is 3. The van der Waals surface area contributed by atoms with E-state index in [2.05, 4.69) is 47.1 Å². The summed E-state index contributed by atoms with van der Waals surface area (Å²) in [7, 11) is 0. The first kappa shape index (κ1) is 13.0. The first-order valence-corrected chi connectivity index (χ1v) is 8.56. The highest BCUT2D eigenvalue weighted by Crippen LogP contribution is 2.54. The lowest BCUT2D eigenvalue weighted by Crippen LogP contribution is -2.70. The quantitative estimate of drug-likeness (QED) is 0.847. The van der Waals surface area contributed by atoms with Crippen LogP contribution in [0.25, 0.3) is 10.9 Å². The molecule has 6 heterocycles. The summed E-state index contributed by atoms with van der Waals surface area (Å²) in [6, 6.07) is 11.2. The maximum Gasteiger partial charge on any atom is 0.0995 e. The molecule has 4 bridgehead atoms. The fourth-order valence-corrected chi connectivity index (χ4v) is 5.09. The van der Waals surface area contributed by atoms with Crippen LogP contribution >= 0.6 is 0 Å². The van der Waals surface area contributed by atoms with Crippen molar-refractivity contribution in [3.8, 4) is 0 Å². The van der Waals surface area contributed by atoms with E-state index in [9.17, 15) is 0 Å². The molecule has 114 valence electrons. The van der Waals surface area contributed by atoms with Crippen LogP contribution in [0.1, 0.15) is 37.9 Å². The summed E-state index contributed by atoms with van der Waals surface area (Å²) in [5.41, 5.74) is 2.50. The molecule has 0 amide bonds. The first-order chi connectivity index (χ1) is 10.8. The lowest BCUT2D eigenvalue weighted by atomic mass is 9.66. The fourth-order valence-electron chi connectivity index (χ4n) is 5.09. The molecule has 22 heavy (non-hydrogen) atoms. The van der Waals surface area contributed by atoms with Crippen LogP contribution in [0.4, 0.5) is 0 Å². The second kappa shape index (κ2) is 4.53. The minimum absolute atomic E-state index is 0.0854. The normalized spacial score (nSPS) is 39.5. The van der Waals surface area contributed by atoms with Gasteiger partial charge in [-0.2, -0.15) is 0 Å². The molecule has 1 aromatic heterocycles. The second-order valence-electron chi connectivity index (χ2n) is 7.13. The van der Waals surface area contributed by atoms with E-state index < -0.39 is 0 Å². The van der Waals surface area contributed by atoms with Gasteiger partial charge in [-0.15, -0.1) is 0 Å². The lowest BCUT2D eigenvalue weighted by Gasteiger charge is -2.64. The van der Waals surface area contributed by atoms with E-state index >= 15 is 0 Å². The molecule has 0 saturated carbocycles. The minimum Gasteiger partial charge on any atom is -0.364 e. The van der Waals surface area contributed by atoms with Gasteiger partial charge in [-0.05, 0) is 49.4 Å². The smallest absolute Gasteiger partial charge is 0.0995 e. The van der Waals surface area contributed by atoms with E-state index in [1.54, 1.807) is 0 Å². The molecule has 5 atom stereocenters. The van der Waals surface area contributed by atoms with Crippen LogP contribution in [0.15, 0.2) is 36.5 Å². The fraction of sp³-hybridized carbons (Fsp3) is 0.526. The average Bonchev–Trinajstić information content (AvgIpc) is 2.61. The number of morpholine rings is 1. The molecule has 3 nitrogen and oxygen atoms in total. The van der Waals surface area contributed by atoms with Crippen molar-refractivity contribution in [1.29, 1.82) is 0 Å². The Hall–Kier alpha value is -1.45. The van der Waals surface area contributed by atoms with Gasteiger partial charge in [0.25, 0.3) is 0 Å². The van der Waals surface area contributed by atoms with E-state index in [4.69, 9.17) is 4.74 Å². The lowest BCUT2D eigenvalue weighted by molar-refractivity contribution is -0.274. The van der Waals surface area contributed by atoms with Gasteiger partial charge in [-0.3, -0.25) is 9.88 Å². The van der Waals surface area contributed by atoms with Crippen molar-refractivity contribution in [3.05, 3.63) is 42.1 Å². The largest absolute Gasteiger partial charge is 0.364 e. The van der Waals surface area contributed by atoms with Crippen LogP contribution in [0.2, 0.25) is 0 Å². The van der Waals surface area contributed by atoms with Gasteiger partial charge in [0.1, 0.15) is 0 Å². The summed E-state index contributed by atoms with van der Waals surface area (Å²) in [6.07, 6.45) is 5.89. The standard InChI is InChI=1S/C19H22N2O/c1-2-19-12-21-10-8-13(19)11-17(21)18(22-19)15-7-9-20-16-6-4-3-5-14(15)16/h3-7,9,13,17-18H,2,8,10-12H2,1H3/t13-,17?,18-,19-/m0/s1. The van der Waals surface area contributed by atoms with Crippen LogP contribution in [-0.4, -0.2) is 34.6 Å². The van der Waals surface area contributed by atoms with E-state index in [1.165, 1.54) is 30.3 Å². The number of pyridine rings is 1. The Kier molecular flexibility index (Phi) is 2.68. The van der Waals surface area contributed by atoms with Gasteiger partial charge in [0.05, 0.1) is 17.2 Å². The molecule has 0 aliphatic carbocycles. The van der Waals surface area contributed by atoms with Gasteiger partial charge in [0.15, 0.2) is 0 Å². The Balaban J connectivity index is 1.64. The Morgan fingerprint density at radius 3 is 3.05 bits per heavy atom. The van der Waals surface area contributed by atoms with Crippen molar-refractivity contribution < 1.29 is 4.74 Å². The summed E-state index contributed by atoms with van der Waals surface area (Å²) in [5, 5.41) is 1.26. The third-order valence-corrected chi connectivity index (χ3v) is 6.27. The number of rotatable bonds is 2. The zero-order chi connectivity index (χ0) is 14.7. The molecule has 7 rings (SSSR count). The molecule has 2 aromatic rings. The summed E-state index contributed by atoms with van der Waals surface area (Å²) in [5.74, 6) is 0.761. The number of hydrogen-bond donors (Lipinski definition) is 0. The van der Waals surface area contributed by atoms with Gasteiger partial charge in [-0.25, -0.2) is 0 Å². The Morgan fingerprint density at radius 2 is 2.23 bits per heavy atom. The number of nitrogens with zero attached hydrogens (tertiary/aromatic N) is 2. The van der Waals surface area contributed by atoms with Gasteiger partial charge in [0, 0.05) is 24.2 Å². The Labute approximate surface area is 131 Å². The first-order valence-electron chi connectivity index (χ1n) is 8.56. The van der Waals surface area contributed by atoms with Crippen molar-refractivity contribution in [3.63, 3.8) is 0 Å². The maximum atomic E-state index is 6.78. The minimum atomic E-state index is 0.0854. The Bertz CT molecular complexity index is 725. The summed E-state index contributed by atoms with van der Waals surface area (Å²) in [4.78, 5) is 7.20. The molecule has 5 fully saturated rings. The molecule has 0 radical (unpaired) electrons. The van der Waals surface area contributed by atoms with Crippen molar-refractivity contribution >= 4 is 10.9 Å². The predicted molar refractivity (Wildman–Crippen MR) is 86.7 cm³/mol. The predicted octanol–water partition coefficient (Wildman–Crippen LogP) is 3.55. The van der Waals surface area contributed by atoms with Crippen LogP contribution < -0.4 is 0 Å². The summed E-state index contributed by atoms with van der Waals surface area (Å²) >= 11 is 0. The molecule has 0 spiro atoms. The Morgan fingerprint density at radius 1 is 1.32 bits per heavy atom. The number of benzene rings is 1. The number of aromatic nitrogens is 1. The third-order valence-electron chi connectivity index (χ3n) is 6.27. The monoisotopic (exact) mass is 294 g/mol. The average molecular weight is 294 g/mol. The van der Waals surface area contributed by atoms with Crippen molar-refractivity contribution in [2.45, 2.75) is 43.9 Å². The highest BCUT2D eigenvalue weighted by Gasteiger charge is 2.58. The summed E-state index contributed by atoms with van der Waals surface area (Å²) < 4.78 is 6.78. The van der Waals surface area contributed by atoms with Gasteiger partial charge in [0.2, 0.25) is 0 Å². The van der Waals surface area contributed by atoms with Gasteiger partial charge in [-0.1, -0.05) is 25.1 Å². The van der Waals surface area contributed by atoms with E-state index in [0.29, 0.717) is 6.04 Å². The second-order valence-corrected chi connectivity index (χ2v) is 7.13. The molecule has 0 N–H and O–H groups in total.